The lowest BCUT2D eigenvalue weighted by molar-refractivity contribution is -0.907. The van der Waals surface area contributed by atoms with Gasteiger partial charge in [0.2, 0.25) is 0 Å². The molecule has 1 saturated heterocycles. The number of benzene rings is 2. The molecule has 0 saturated carbocycles. The van der Waals surface area contributed by atoms with Gasteiger partial charge in [-0.25, -0.2) is 0 Å². The molecule has 2 aromatic rings. The molecule has 1 aliphatic heterocycles. The zero-order valence-corrected chi connectivity index (χ0v) is 14.8. The summed E-state index contributed by atoms with van der Waals surface area (Å²) in [6.07, 6.45) is 0. The molecule has 3 N–H and O–H groups in total. The quantitative estimate of drug-likeness (QED) is 0.712. The fourth-order valence-electron chi connectivity index (χ4n) is 2.90. The second-order valence-corrected chi connectivity index (χ2v) is 6.44. The van der Waals surface area contributed by atoms with E-state index in [4.69, 9.17) is 4.74 Å². The largest absolute Gasteiger partial charge is 0.489 e. The number of amides is 2. The van der Waals surface area contributed by atoms with Crippen molar-refractivity contribution in [3.05, 3.63) is 60.2 Å². The van der Waals surface area contributed by atoms with Crippen molar-refractivity contribution in [1.29, 1.82) is 0 Å². The molecule has 0 radical (unpaired) electrons. The van der Waals surface area contributed by atoms with Crippen LogP contribution in [0.5, 0.6) is 5.75 Å². The molecule has 0 aromatic heterocycles. The van der Waals surface area contributed by atoms with Gasteiger partial charge < -0.3 is 20.3 Å². The molecule has 1 unspecified atom stereocenters. The molecule has 2 amide bonds. The van der Waals surface area contributed by atoms with E-state index in [1.165, 1.54) is 0 Å². The van der Waals surface area contributed by atoms with Gasteiger partial charge in [0.15, 0.2) is 12.6 Å². The maximum atomic E-state index is 12.4. The van der Waals surface area contributed by atoms with Crippen LogP contribution in [-0.4, -0.2) is 37.5 Å². The Kier molecular flexibility index (Phi) is 5.86. The van der Waals surface area contributed by atoms with Crippen molar-refractivity contribution < 1.29 is 19.2 Å². The van der Waals surface area contributed by atoms with Gasteiger partial charge in [0.1, 0.15) is 12.4 Å². The van der Waals surface area contributed by atoms with Gasteiger partial charge in [-0.15, -0.1) is 0 Å². The second-order valence-electron chi connectivity index (χ2n) is 6.44. The van der Waals surface area contributed by atoms with E-state index in [1.807, 2.05) is 61.5 Å². The molecule has 2 aromatic carbocycles. The van der Waals surface area contributed by atoms with E-state index in [0.717, 1.165) is 28.4 Å². The van der Waals surface area contributed by atoms with E-state index in [2.05, 4.69) is 10.6 Å². The number of carbonyl (C=O) groups is 2. The minimum Gasteiger partial charge on any atom is -0.489 e. The minimum absolute atomic E-state index is 0.00850. The topological polar surface area (TPSA) is 71.9 Å². The van der Waals surface area contributed by atoms with Crippen LogP contribution in [0, 0.1) is 0 Å². The minimum atomic E-state index is -0.282. The van der Waals surface area contributed by atoms with Gasteiger partial charge in [-0.3, -0.25) is 9.59 Å². The van der Waals surface area contributed by atoms with E-state index in [1.54, 1.807) is 0 Å². The SMILES string of the molecule is C[C@@H](C(=O)Nc1ccc(OCc2ccccc2)cc1)[NH+]1CCNC(=O)C1. The Morgan fingerprint density at radius 3 is 2.62 bits per heavy atom. The van der Waals surface area contributed by atoms with Gasteiger partial charge >= 0.3 is 0 Å². The Bertz CT molecular complexity index is 747. The molecule has 1 aliphatic rings. The summed E-state index contributed by atoms with van der Waals surface area (Å²) >= 11 is 0. The highest BCUT2D eigenvalue weighted by Crippen LogP contribution is 2.17. The highest BCUT2D eigenvalue weighted by Gasteiger charge is 2.29. The first-order valence-electron chi connectivity index (χ1n) is 8.81. The third kappa shape index (κ3) is 4.83. The number of ether oxygens (including phenoxy) is 1. The van der Waals surface area contributed by atoms with Crippen LogP contribution in [0.25, 0.3) is 0 Å². The predicted molar refractivity (Wildman–Crippen MR) is 99.0 cm³/mol. The highest BCUT2D eigenvalue weighted by molar-refractivity contribution is 5.93. The van der Waals surface area contributed by atoms with Crippen LogP contribution in [0.2, 0.25) is 0 Å². The molecule has 136 valence electrons. The van der Waals surface area contributed by atoms with Crippen LogP contribution in [0.15, 0.2) is 54.6 Å². The molecule has 1 heterocycles. The van der Waals surface area contributed by atoms with Crippen LogP contribution in [0.1, 0.15) is 12.5 Å². The summed E-state index contributed by atoms with van der Waals surface area (Å²) in [5.74, 6) is 0.650. The van der Waals surface area contributed by atoms with Crippen molar-refractivity contribution in [2.45, 2.75) is 19.6 Å². The number of quaternary nitrogens is 1. The van der Waals surface area contributed by atoms with E-state index in [-0.39, 0.29) is 17.9 Å². The van der Waals surface area contributed by atoms with E-state index in [0.29, 0.717) is 19.7 Å². The van der Waals surface area contributed by atoms with Crippen molar-refractivity contribution >= 4 is 17.5 Å². The van der Waals surface area contributed by atoms with E-state index < -0.39 is 0 Å². The average molecular weight is 354 g/mol. The summed E-state index contributed by atoms with van der Waals surface area (Å²) in [6, 6.07) is 17.0. The first-order chi connectivity index (χ1) is 12.6. The standard InChI is InChI=1S/C20H23N3O3/c1-15(23-12-11-21-19(24)13-23)20(25)22-17-7-9-18(10-8-17)26-14-16-5-3-2-4-6-16/h2-10,15H,11-14H2,1H3,(H,21,24)(H,22,25)/p+1/t15-/m0/s1. The van der Waals surface area contributed by atoms with Crippen LogP contribution in [-0.2, 0) is 16.2 Å². The third-order valence-electron chi connectivity index (χ3n) is 4.53. The maximum Gasteiger partial charge on any atom is 0.282 e. The Hall–Kier alpha value is -2.86. The molecule has 2 atom stereocenters. The number of hydrogen-bond donors (Lipinski definition) is 3. The number of carbonyl (C=O) groups excluding carboxylic acids is 2. The molecule has 1 fully saturated rings. The highest BCUT2D eigenvalue weighted by atomic mass is 16.5. The molecular weight excluding hydrogens is 330 g/mol. The van der Waals surface area contributed by atoms with Gasteiger partial charge in [-0.1, -0.05) is 30.3 Å². The lowest BCUT2D eigenvalue weighted by Gasteiger charge is -2.28. The lowest BCUT2D eigenvalue weighted by Crippen LogP contribution is -3.19. The number of hydrogen-bond acceptors (Lipinski definition) is 3. The summed E-state index contributed by atoms with van der Waals surface area (Å²) in [5.41, 5.74) is 1.82. The van der Waals surface area contributed by atoms with E-state index in [9.17, 15) is 9.59 Å². The molecule has 0 aliphatic carbocycles. The smallest absolute Gasteiger partial charge is 0.282 e. The molecule has 6 heteroatoms. The number of nitrogens with one attached hydrogen (secondary N) is 3. The van der Waals surface area contributed by atoms with Gasteiger partial charge in [-0.2, -0.15) is 0 Å². The molecule has 6 nitrogen and oxygen atoms in total. The fourth-order valence-corrected chi connectivity index (χ4v) is 2.90. The monoisotopic (exact) mass is 354 g/mol. The summed E-state index contributed by atoms with van der Waals surface area (Å²) in [7, 11) is 0. The maximum absolute atomic E-state index is 12.4. The third-order valence-corrected chi connectivity index (χ3v) is 4.53. The summed E-state index contributed by atoms with van der Waals surface area (Å²) in [6.45, 7) is 4.05. The zero-order chi connectivity index (χ0) is 18.4. The number of piperazine rings is 1. The number of rotatable bonds is 6. The fraction of sp³-hybridized carbons (Fsp3) is 0.300. The van der Waals surface area contributed by atoms with Crippen LogP contribution >= 0.6 is 0 Å². The first-order valence-corrected chi connectivity index (χ1v) is 8.81. The zero-order valence-electron chi connectivity index (χ0n) is 14.8. The van der Waals surface area contributed by atoms with Crippen molar-refractivity contribution in [3.63, 3.8) is 0 Å². The van der Waals surface area contributed by atoms with Crippen molar-refractivity contribution in [3.8, 4) is 5.75 Å². The Balaban J connectivity index is 1.51. The van der Waals surface area contributed by atoms with Gasteiger partial charge in [0.05, 0.1) is 13.1 Å². The summed E-state index contributed by atoms with van der Waals surface area (Å²) in [5, 5.41) is 5.69. The van der Waals surface area contributed by atoms with Crippen molar-refractivity contribution in [2.75, 3.05) is 25.0 Å². The summed E-state index contributed by atoms with van der Waals surface area (Å²) in [4.78, 5) is 24.9. The molecule has 3 rings (SSSR count). The normalized spacial score (nSPS) is 17.9. The molecule has 26 heavy (non-hydrogen) atoms. The van der Waals surface area contributed by atoms with Gasteiger partial charge in [-0.05, 0) is 36.8 Å². The first kappa shape index (κ1) is 17.9. The van der Waals surface area contributed by atoms with Crippen LogP contribution < -0.4 is 20.3 Å². The Labute approximate surface area is 153 Å². The van der Waals surface area contributed by atoms with Crippen molar-refractivity contribution in [1.82, 2.24) is 5.32 Å². The van der Waals surface area contributed by atoms with Crippen LogP contribution in [0.3, 0.4) is 0 Å². The lowest BCUT2D eigenvalue weighted by atomic mass is 10.2. The van der Waals surface area contributed by atoms with E-state index >= 15 is 0 Å². The van der Waals surface area contributed by atoms with Crippen LogP contribution in [0.4, 0.5) is 5.69 Å². The summed E-state index contributed by atoms with van der Waals surface area (Å²) < 4.78 is 5.75. The second kappa shape index (κ2) is 8.49. The number of anilines is 1. The van der Waals surface area contributed by atoms with Crippen molar-refractivity contribution in [2.24, 2.45) is 0 Å². The average Bonchev–Trinajstić information content (AvgIpc) is 2.67. The van der Waals surface area contributed by atoms with Gasteiger partial charge in [0, 0.05) is 5.69 Å². The molecule has 0 spiro atoms. The Morgan fingerprint density at radius 1 is 1.19 bits per heavy atom. The predicted octanol–water partition coefficient (Wildman–Crippen LogP) is 0.607. The Morgan fingerprint density at radius 2 is 1.92 bits per heavy atom. The van der Waals surface area contributed by atoms with Gasteiger partial charge in [0.25, 0.3) is 11.8 Å². The molecular formula is C20H24N3O3+. The molecule has 0 bridgehead atoms.